The second-order valence-corrected chi connectivity index (χ2v) is 4.88. The first-order valence-electron chi connectivity index (χ1n) is 6.74. The van der Waals surface area contributed by atoms with Crippen molar-refractivity contribution in [3.8, 4) is 0 Å². The molecule has 18 heavy (non-hydrogen) atoms. The lowest BCUT2D eigenvalue weighted by molar-refractivity contribution is -0.384. The van der Waals surface area contributed by atoms with E-state index >= 15 is 0 Å². The van der Waals surface area contributed by atoms with E-state index in [1.54, 1.807) is 6.07 Å². The highest BCUT2D eigenvalue weighted by molar-refractivity contribution is 5.64. The Morgan fingerprint density at radius 3 is 2.67 bits per heavy atom. The molecule has 0 atom stereocenters. The largest absolute Gasteiger partial charge is 0.366 e. The van der Waals surface area contributed by atoms with Crippen molar-refractivity contribution in [1.29, 1.82) is 0 Å². The molecule has 1 aromatic rings. The van der Waals surface area contributed by atoms with Crippen LogP contribution in [0.1, 0.15) is 38.2 Å². The Morgan fingerprint density at radius 2 is 2.06 bits per heavy atom. The number of hydrogen-bond donors (Lipinski definition) is 0. The Hall–Kier alpha value is -1.58. The van der Waals surface area contributed by atoms with Crippen molar-refractivity contribution in [2.24, 2.45) is 0 Å². The maximum atomic E-state index is 11.2. The smallest absolute Gasteiger partial charge is 0.292 e. The topological polar surface area (TPSA) is 46.4 Å². The van der Waals surface area contributed by atoms with Gasteiger partial charge in [0.15, 0.2) is 0 Å². The molecule has 2 rings (SSSR count). The second-order valence-electron chi connectivity index (χ2n) is 4.88. The molecule has 4 nitrogen and oxygen atoms in total. The van der Waals surface area contributed by atoms with Gasteiger partial charge in [-0.25, -0.2) is 0 Å². The first-order chi connectivity index (χ1) is 8.72. The Bertz CT molecular complexity index is 426. The van der Waals surface area contributed by atoms with Crippen LogP contribution >= 0.6 is 0 Å². The molecular weight excluding hydrogens is 228 g/mol. The van der Waals surface area contributed by atoms with Gasteiger partial charge < -0.3 is 4.90 Å². The van der Waals surface area contributed by atoms with E-state index < -0.39 is 0 Å². The van der Waals surface area contributed by atoms with Crippen LogP contribution in [-0.4, -0.2) is 18.0 Å². The van der Waals surface area contributed by atoms with Gasteiger partial charge in [-0.3, -0.25) is 10.1 Å². The van der Waals surface area contributed by atoms with Crippen LogP contribution in [-0.2, 0) is 6.42 Å². The molecule has 4 heteroatoms. The molecule has 0 saturated carbocycles. The summed E-state index contributed by atoms with van der Waals surface area (Å²) in [6.07, 6.45) is 5.39. The summed E-state index contributed by atoms with van der Waals surface area (Å²) in [5.74, 6) is 0. The number of unbranched alkanes of at least 4 members (excludes halogenated alkanes) is 1. The molecule has 0 aromatic heterocycles. The molecule has 0 bridgehead atoms. The molecule has 1 saturated heterocycles. The Morgan fingerprint density at radius 1 is 1.33 bits per heavy atom. The number of anilines is 1. The zero-order valence-electron chi connectivity index (χ0n) is 10.9. The normalized spacial score (nSPS) is 15.1. The lowest BCUT2D eigenvalue weighted by atomic mass is 10.1. The number of nitro groups is 1. The van der Waals surface area contributed by atoms with Gasteiger partial charge in [0.05, 0.1) is 4.92 Å². The summed E-state index contributed by atoms with van der Waals surface area (Å²) in [5.41, 5.74) is 2.13. The van der Waals surface area contributed by atoms with Crippen LogP contribution in [0.5, 0.6) is 0 Å². The van der Waals surface area contributed by atoms with E-state index in [0.717, 1.165) is 56.4 Å². The van der Waals surface area contributed by atoms with Crippen molar-refractivity contribution in [1.82, 2.24) is 0 Å². The van der Waals surface area contributed by atoms with Crippen molar-refractivity contribution in [2.45, 2.75) is 39.0 Å². The fraction of sp³-hybridized carbons (Fsp3) is 0.571. The second kappa shape index (κ2) is 5.85. The van der Waals surface area contributed by atoms with Gasteiger partial charge in [0, 0.05) is 19.2 Å². The van der Waals surface area contributed by atoms with Crippen molar-refractivity contribution in [3.05, 3.63) is 33.9 Å². The molecule has 1 aliphatic heterocycles. The van der Waals surface area contributed by atoms with Crippen LogP contribution in [0, 0.1) is 10.1 Å². The van der Waals surface area contributed by atoms with E-state index in [0.29, 0.717) is 0 Å². The van der Waals surface area contributed by atoms with Gasteiger partial charge in [-0.15, -0.1) is 0 Å². The summed E-state index contributed by atoms with van der Waals surface area (Å²) in [4.78, 5) is 13.1. The lowest BCUT2D eigenvalue weighted by Gasteiger charge is -2.17. The predicted molar refractivity (Wildman–Crippen MR) is 73.2 cm³/mol. The van der Waals surface area contributed by atoms with Crippen molar-refractivity contribution in [2.75, 3.05) is 18.0 Å². The predicted octanol–water partition coefficient (Wildman–Crippen LogP) is 3.54. The van der Waals surface area contributed by atoms with Crippen LogP contribution in [0.4, 0.5) is 11.4 Å². The number of benzene rings is 1. The van der Waals surface area contributed by atoms with Gasteiger partial charge in [-0.05, 0) is 37.3 Å². The number of nitrogens with zero attached hydrogens (tertiary/aromatic N) is 2. The zero-order valence-corrected chi connectivity index (χ0v) is 10.9. The van der Waals surface area contributed by atoms with E-state index in [9.17, 15) is 10.1 Å². The maximum absolute atomic E-state index is 11.2. The summed E-state index contributed by atoms with van der Waals surface area (Å²) in [6.45, 7) is 4.01. The molecule has 0 amide bonds. The van der Waals surface area contributed by atoms with Gasteiger partial charge in [0.2, 0.25) is 0 Å². The van der Waals surface area contributed by atoms with Crippen molar-refractivity contribution < 1.29 is 4.92 Å². The summed E-state index contributed by atoms with van der Waals surface area (Å²) >= 11 is 0. The fourth-order valence-electron chi connectivity index (χ4n) is 2.48. The van der Waals surface area contributed by atoms with E-state index in [-0.39, 0.29) is 10.6 Å². The van der Waals surface area contributed by atoms with Crippen LogP contribution < -0.4 is 4.90 Å². The average Bonchev–Trinajstić information content (AvgIpc) is 2.89. The van der Waals surface area contributed by atoms with Gasteiger partial charge in [-0.2, -0.15) is 0 Å². The third-order valence-corrected chi connectivity index (χ3v) is 3.50. The minimum atomic E-state index is -0.247. The third-order valence-electron chi connectivity index (χ3n) is 3.50. The quantitative estimate of drug-likeness (QED) is 0.591. The standard InChI is InChI=1S/C14H20N2O2/c1-2-3-6-12-7-8-13(14(11-12)16(17)18)15-9-4-5-10-15/h7-8,11H,2-6,9-10H2,1H3. The summed E-state index contributed by atoms with van der Waals surface area (Å²) in [7, 11) is 0. The minimum absolute atomic E-state index is 0.247. The summed E-state index contributed by atoms with van der Waals surface area (Å²) < 4.78 is 0. The van der Waals surface area contributed by atoms with Crippen LogP contribution in [0.2, 0.25) is 0 Å². The van der Waals surface area contributed by atoms with Crippen molar-refractivity contribution >= 4 is 11.4 Å². The third kappa shape index (κ3) is 2.81. The summed E-state index contributed by atoms with van der Waals surface area (Å²) in [5, 5.41) is 11.2. The van der Waals surface area contributed by atoms with E-state index in [2.05, 4.69) is 11.8 Å². The number of rotatable bonds is 5. The van der Waals surface area contributed by atoms with E-state index in [1.807, 2.05) is 12.1 Å². The first-order valence-corrected chi connectivity index (χ1v) is 6.74. The SMILES string of the molecule is CCCCc1ccc(N2CCCC2)c([N+](=O)[O-])c1. The minimum Gasteiger partial charge on any atom is -0.366 e. The molecule has 98 valence electrons. The summed E-state index contributed by atoms with van der Waals surface area (Å²) in [6, 6.07) is 5.72. The highest BCUT2D eigenvalue weighted by Gasteiger charge is 2.22. The van der Waals surface area contributed by atoms with Crippen LogP contribution in [0.15, 0.2) is 18.2 Å². The van der Waals surface area contributed by atoms with Crippen molar-refractivity contribution in [3.63, 3.8) is 0 Å². The first kappa shape index (κ1) is 12.9. The lowest BCUT2D eigenvalue weighted by Crippen LogP contribution is -2.18. The zero-order chi connectivity index (χ0) is 13.0. The molecule has 0 N–H and O–H groups in total. The van der Waals surface area contributed by atoms with Gasteiger partial charge in [0.25, 0.3) is 5.69 Å². The van der Waals surface area contributed by atoms with Gasteiger partial charge in [0.1, 0.15) is 5.69 Å². The molecule has 1 fully saturated rings. The molecule has 1 heterocycles. The highest BCUT2D eigenvalue weighted by atomic mass is 16.6. The number of aryl methyl sites for hydroxylation is 1. The van der Waals surface area contributed by atoms with Gasteiger partial charge >= 0.3 is 0 Å². The Labute approximate surface area is 108 Å². The van der Waals surface area contributed by atoms with Crippen LogP contribution in [0.25, 0.3) is 0 Å². The van der Waals surface area contributed by atoms with Gasteiger partial charge in [-0.1, -0.05) is 19.4 Å². The number of hydrogen-bond acceptors (Lipinski definition) is 3. The molecule has 0 radical (unpaired) electrons. The van der Waals surface area contributed by atoms with E-state index in [4.69, 9.17) is 0 Å². The molecule has 0 unspecified atom stereocenters. The Kier molecular flexibility index (Phi) is 4.18. The molecule has 0 spiro atoms. The molecule has 1 aliphatic rings. The maximum Gasteiger partial charge on any atom is 0.292 e. The average molecular weight is 248 g/mol. The Balaban J connectivity index is 2.25. The fourth-order valence-corrected chi connectivity index (χ4v) is 2.48. The molecule has 0 aliphatic carbocycles. The van der Waals surface area contributed by atoms with Crippen LogP contribution in [0.3, 0.4) is 0 Å². The van der Waals surface area contributed by atoms with E-state index in [1.165, 1.54) is 0 Å². The molecule has 1 aromatic carbocycles. The monoisotopic (exact) mass is 248 g/mol. The molecular formula is C14H20N2O2. The highest BCUT2D eigenvalue weighted by Crippen LogP contribution is 2.31. The number of nitro benzene ring substituents is 1.